The fraction of sp³-hybridized carbons (Fsp3) is 1.00. The first-order valence-corrected chi connectivity index (χ1v) is 4.64. The van der Waals surface area contributed by atoms with Crippen LogP contribution >= 0.6 is 0 Å². The Balaban J connectivity index is 1.84. The third-order valence-electron chi connectivity index (χ3n) is 3.02. The molecule has 2 nitrogen and oxygen atoms in total. The van der Waals surface area contributed by atoms with E-state index in [9.17, 15) is 5.11 Å². The van der Waals surface area contributed by atoms with Crippen LogP contribution in [0, 0.1) is 11.8 Å². The summed E-state index contributed by atoms with van der Waals surface area (Å²) in [5.41, 5.74) is 0. The van der Waals surface area contributed by atoms with Gasteiger partial charge in [0.2, 0.25) is 0 Å². The Morgan fingerprint density at radius 2 is 2.00 bits per heavy atom. The number of nitrogens with zero attached hydrogens (tertiary/aromatic N) is 1. The summed E-state index contributed by atoms with van der Waals surface area (Å²) in [5, 5.41) is 9.78. The number of likely N-dealkylation sites (tertiary alicyclic amines) is 1. The van der Waals surface area contributed by atoms with Gasteiger partial charge < -0.3 is 10.0 Å². The van der Waals surface area contributed by atoms with Crippen molar-refractivity contribution < 1.29 is 5.11 Å². The summed E-state index contributed by atoms with van der Waals surface area (Å²) in [6, 6.07) is 0. The second kappa shape index (κ2) is 2.76. The van der Waals surface area contributed by atoms with Gasteiger partial charge in [-0.3, -0.25) is 0 Å². The molecule has 11 heavy (non-hydrogen) atoms. The first-order chi connectivity index (χ1) is 5.27. The summed E-state index contributed by atoms with van der Waals surface area (Å²) in [7, 11) is 2.14. The van der Waals surface area contributed by atoms with E-state index in [0.717, 1.165) is 6.54 Å². The van der Waals surface area contributed by atoms with Crippen molar-refractivity contribution in [2.24, 2.45) is 11.8 Å². The van der Waals surface area contributed by atoms with Crippen LogP contribution in [0.25, 0.3) is 0 Å². The van der Waals surface area contributed by atoms with E-state index < -0.39 is 0 Å². The van der Waals surface area contributed by atoms with Crippen LogP contribution in [-0.4, -0.2) is 36.2 Å². The van der Waals surface area contributed by atoms with Crippen molar-refractivity contribution in [1.82, 2.24) is 4.90 Å². The molecular weight excluding hydrogens is 138 g/mol. The van der Waals surface area contributed by atoms with Crippen LogP contribution in [0.1, 0.15) is 19.3 Å². The van der Waals surface area contributed by atoms with Gasteiger partial charge in [0.15, 0.2) is 0 Å². The second-order valence-electron chi connectivity index (χ2n) is 4.14. The molecule has 0 radical (unpaired) electrons. The molecule has 0 spiro atoms. The number of hydrogen-bond donors (Lipinski definition) is 1. The number of aliphatic hydroxyl groups is 1. The van der Waals surface area contributed by atoms with E-state index in [4.69, 9.17) is 0 Å². The molecule has 1 aliphatic carbocycles. The third-order valence-corrected chi connectivity index (χ3v) is 3.02. The highest BCUT2D eigenvalue weighted by atomic mass is 16.3. The zero-order chi connectivity index (χ0) is 7.84. The lowest BCUT2D eigenvalue weighted by molar-refractivity contribution is 0.0909. The van der Waals surface area contributed by atoms with Gasteiger partial charge in [0.05, 0.1) is 6.10 Å². The highest BCUT2D eigenvalue weighted by molar-refractivity contribution is 4.89. The Kier molecular flexibility index (Phi) is 1.90. The summed E-state index contributed by atoms with van der Waals surface area (Å²) >= 11 is 0. The van der Waals surface area contributed by atoms with E-state index in [2.05, 4.69) is 11.9 Å². The van der Waals surface area contributed by atoms with Gasteiger partial charge >= 0.3 is 0 Å². The van der Waals surface area contributed by atoms with Gasteiger partial charge in [-0.25, -0.2) is 0 Å². The Bertz CT molecular complexity index is 144. The summed E-state index contributed by atoms with van der Waals surface area (Å²) in [6.07, 6.45) is 3.75. The summed E-state index contributed by atoms with van der Waals surface area (Å²) < 4.78 is 0. The standard InChI is InChI=1S/C9H17NO/c1-10-5-4-8(6-10)9(11)7-2-3-7/h7-9,11H,2-6H2,1H3. The molecular formula is C9H17NO. The molecule has 0 bridgehead atoms. The van der Waals surface area contributed by atoms with E-state index in [1.807, 2.05) is 0 Å². The van der Waals surface area contributed by atoms with Crippen LogP contribution in [-0.2, 0) is 0 Å². The second-order valence-corrected chi connectivity index (χ2v) is 4.14. The largest absolute Gasteiger partial charge is 0.393 e. The fourth-order valence-corrected chi connectivity index (χ4v) is 2.07. The molecule has 1 saturated heterocycles. The normalized spacial score (nSPS) is 36.0. The van der Waals surface area contributed by atoms with E-state index in [0.29, 0.717) is 11.8 Å². The smallest absolute Gasteiger partial charge is 0.0609 e. The average molecular weight is 155 g/mol. The molecule has 0 aromatic rings. The maximum atomic E-state index is 9.78. The molecule has 0 aromatic heterocycles. The van der Waals surface area contributed by atoms with Gasteiger partial charge in [0, 0.05) is 6.54 Å². The van der Waals surface area contributed by atoms with E-state index in [1.165, 1.54) is 25.8 Å². The van der Waals surface area contributed by atoms with Crippen LogP contribution in [0.5, 0.6) is 0 Å². The minimum Gasteiger partial charge on any atom is -0.393 e. The molecule has 1 saturated carbocycles. The van der Waals surface area contributed by atoms with Crippen molar-refractivity contribution in [3.63, 3.8) is 0 Å². The summed E-state index contributed by atoms with van der Waals surface area (Å²) in [6.45, 7) is 2.28. The van der Waals surface area contributed by atoms with Crippen LogP contribution < -0.4 is 0 Å². The Morgan fingerprint density at radius 3 is 2.45 bits per heavy atom. The molecule has 0 aromatic carbocycles. The van der Waals surface area contributed by atoms with Gasteiger partial charge in [0.25, 0.3) is 0 Å². The third kappa shape index (κ3) is 1.57. The van der Waals surface area contributed by atoms with Gasteiger partial charge in [-0.05, 0) is 44.7 Å². The van der Waals surface area contributed by atoms with Crippen molar-refractivity contribution in [2.45, 2.75) is 25.4 Å². The molecule has 0 amide bonds. The minimum absolute atomic E-state index is 0.0138. The van der Waals surface area contributed by atoms with Crippen LogP contribution in [0.3, 0.4) is 0 Å². The summed E-state index contributed by atoms with van der Waals surface area (Å²) in [4.78, 5) is 2.32. The molecule has 2 atom stereocenters. The van der Waals surface area contributed by atoms with Crippen LogP contribution in [0.2, 0.25) is 0 Å². The highest BCUT2D eigenvalue weighted by Crippen LogP contribution is 2.37. The SMILES string of the molecule is CN1CCC(C(O)C2CC2)C1. The fourth-order valence-electron chi connectivity index (χ4n) is 2.07. The number of hydrogen-bond acceptors (Lipinski definition) is 2. The lowest BCUT2D eigenvalue weighted by atomic mass is 9.98. The van der Waals surface area contributed by atoms with E-state index in [-0.39, 0.29) is 6.10 Å². The minimum atomic E-state index is 0.0138. The van der Waals surface area contributed by atoms with Crippen LogP contribution in [0.15, 0.2) is 0 Å². The van der Waals surface area contributed by atoms with E-state index in [1.54, 1.807) is 0 Å². The Labute approximate surface area is 68.2 Å². The molecule has 2 fully saturated rings. The molecule has 2 aliphatic rings. The monoisotopic (exact) mass is 155 g/mol. The topological polar surface area (TPSA) is 23.5 Å². The molecule has 2 heteroatoms. The summed E-state index contributed by atoms with van der Waals surface area (Å²) in [5.74, 6) is 1.24. The maximum Gasteiger partial charge on any atom is 0.0609 e. The Hall–Kier alpha value is -0.0800. The number of rotatable bonds is 2. The maximum absolute atomic E-state index is 9.78. The van der Waals surface area contributed by atoms with Crippen LogP contribution in [0.4, 0.5) is 0 Å². The van der Waals surface area contributed by atoms with Crippen molar-refractivity contribution in [2.75, 3.05) is 20.1 Å². The zero-order valence-electron chi connectivity index (χ0n) is 7.16. The lowest BCUT2D eigenvalue weighted by Crippen LogP contribution is -2.25. The molecule has 1 heterocycles. The molecule has 1 N–H and O–H groups in total. The lowest BCUT2D eigenvalue weighted by Gasteiger charge is -2.16. The molecule has 2 rings (SSSR count). The van der Waals surface area contributed by atoms with Gasteiger partial charge in [-0.2, -0.15) is 0 Å². The first kappa shape index (κ1) is 7.56. The predicted octanol–water partition coefficient (Wildman–Crippen LogP) is 0.709. The van der Waals surface area contributed by atoms with Gasteiger partial charge in [-0.15, -0.1) is 0 Å². The average Bonchev–Trinajstić information content (AvgIpc) is 2.74. The quantitative estimate of drug-likeness (QED) is 0.635. The van der Waals surface area contributed by atoms with Crippen molar-refractivity contribution in [1.29, 1.82) is 0 Å². The Morgan fingerprint density at radius 1 is 1.27 bits per heavy atom. The van der Waals surface area contributed by atoms with Gasteiger partial charge in [-0.1, -0.05) is 0 Å². The molecule has 1 aliphatic heterocycles. The van der Waals surface area contributed by atoms with Crippen molar-refractivity contribution in [3.05, 3.63) is 0 Å². The van der Waals surface area contributed by atoms with Gasteiger partial charge in [0.1, 0.15) is 0 Å². The molecule has 64 valence electrons. The predicted molar refractivity (Wildman–Crippen MR) is 44.3 cm³/mol. The first-order valence-electron chi connectivity index (χ1n) is 4.64. The van der Waals surface area contributed by atoms with Crippen molar-refractivity contribution in [3.8, 4) is 0 Å². The molecule has 2 unspecified atom stereocenters. The highest BCUT2D eigenvalue weighted by Gasteiger charge is 2.37. The van der Waals surface area contributed by atoms with E-state index >= 15 is 0 Å². The van der Waals surface area contributed by atoms with Crippen molar-refractivity contribution >= 4 is 0 Å². The zero-order valence-corrected chi connectivity index (χ0v) is 7.16. The number of aliphatic hydroxyl groups excluding tert-OH is 1.